The van der Waals surface area contributed by atoms with Crippen molar-refractivity contribution in [3.05, 3.63) is 59.7 Å². The number of nitrogens with zero attached hydrogens (tertiary/aromatic N) is 3. The fourth-order valence-corrected chi connectivity index (χ4v) is 7.85. The molecule has 2 aliphatic rings. The minimum absolute atomic E-state index is 0.0885. The van der Waals surface area contributed by atoms with Gasteiger partial charge in [-0.15, -0.1) is 0 Å². The number of benzene rings is 2. The second-order valence-corrected chi connectivity index (χ2v) is 11.4. The van der Waals surface area contributed by atoms with Crippen LogP contribution < -0.4 is 9.80 Å². The predicted octanol–water partition coefficient (Wildman–Crippen LogP) is 2.91. The van der Waals surface area contributed by atoms with Gasteiger partial charge < -0.3 is 9.80 Å². The van der Waals surface area contributed by atoms with Crippen molar-refractivity contribution >= 4 is 44.0 Å². The van der Waals surface area contributed by atoms with Crippen LogP contribution in [-0.4, -0.2) is 56.4 Å². The van der Waals surface area contributed by atoms with E-state index in [-0.39, 0.29) is 35.1 Å². The third kappa shape index (κ3) is 4.39. The molecule has 2 fully saturated rings. The molecule has 158 valence electrons. The van der Waals surface area contributed by atoms with Crippen LogP contribution in [0.1, 0.15) is 11.1 Å². The number of aryl methyl sites for hydroxylation is 1. The molecule has 0 saturated carbocycles. The molecule has 2 aromatic carbocycles. The van der Waals surface area contributed by atoms with Gasteiger partial charge in [0, 0.05) is 30.7 Å². The molecule has 0 bridgehead atoms. The lowest BCUT2D eigenvalue weighted by molar-refractivity contribution is -0.117. The molecule has 2 heterocycles. The fourth-order valence-electron chi connectivity index (χ4n) is 3.92. The van der Waals surface area contributed by atoms with Crippen LogP contribution in [0.4, 0.5) is 11.4 Å². The third-order valence-corrected chi connectivity index (χ3v) is 8.58. The summed E-state index contributed by atoms with van der Waals surface area (Å²) in [6.07, 6.45) is 0.229. The summed E-state index contributed by atoms with van der Waals surface area (Å²) in [6, 6.07) is 15.5. The number of aliphatic imine (C=N–C) groups is 1. The van der Waals surface area contributed by atoms with Crippen molar-refractivity contribution in [3.63, 3.8) is 0 Å². The molecule has 2 aliphatic heterocycles. The number of thioether (sulfide) groups is 1. The molecular weight excluding hydrogens is 418 g/mol. The monoisotopic (exact) mass is 443 g/mol. The van der Waals surface area contributed by atoms with Gasteiger partial charge in [0.05, 0.1) is 24.0 Å². The van der Waals surface area contributed by atoms with Crippen LogP contribution >= 0.6 is 11.8 Å². The molecule has 30 heavy (non-hydrogen) atoms. The van der Waals surface area contributed by atoms with E-state index >= 15 is 0 Å². The summed E-state index contributed by atoms with van der Waals surface area (Å²) in [7, 11) is 0.855. The van der Waals surface area contributed by atoms with Crippen molar-refractivity contribution in [2.45, 2.75) is 24.6 Å². The van der Waals surface area contributed by atoms with Crippen molar-refractivity contribution in [2.24, 2.45) is 4.99 Å². The highest BCUT2D eigenvalue weighted by Gasteiger charge is 2.49. The largest absolute Gasteiger partial charge is 0.378 e. The van der Waals surface area contributed by atoms with Crippen molar-refractivity contribution < 1.29 is 13.2 Å². The van der Waals surface area contributed by atoms with E-state index in [1.807, 2.05) is 79.3 Å². The molecule has 8 heteroatoms. The molecule has 2 atom stereocenters. The Balaban J connectivity index is 1.63. The summed E-state index contributed by atoms with van der Waals surface area (Å²) in [4.78, 5) is 21.0. The molecule has 0 radical (unpaired) electrons. The molecule has 2 saturated heterocycles. The second kappa shape index (κ2) is 8.07. The first kappa shape index (κ1) is 20.9. The lowest BCUT2D eigenvalue weighted by Crippen LogP contribution is -2.37. The van der Waals surface area contributed by atoms with Crippen LogP contribution in [0, 0.1) is 6.92 Å². The maximum Gasteiger partial charge on any atom is 0.252 e. The van der Waals surface area contributed by atoms with Gasteiger partial charge in [0.15, 0.2) is 15.0 Å². The number of rotatable bonds is 4. The summed E-state index contributed by atoms with van der Waals surface area (Å²) < 4.78 is 24.4. The van der Waals surface area contributed by atoms with Gasteiger partial charge in [-0.3, -0.25) is 4.79 Å². The van der Waals surface area contributed by atoms with E-state index in [1.54, 1.807) is 0 Å². The average Bonchev–Trinajstić information content (AvgIpc) is 3.12. The van der Waals surface area contributed by atoms with Crippen molar-refractivity contribution in [1.29, 1.82) is 0 Å². The van der Waals surface area contributed by atoms with Crippen LogP contribution in [-0.2, 0) is 21.1 Å². The van der Waals surface area contributed by atoms with Crippen molar-refractivity contribution in [1.82, 2.24) is 0 Å². The van der Waals surface area contributed by atoms with Crippen molar-refractivity contribution in [2.75, 3.05) is 35.4 Å². The molecular formula is C22H25N3O3S2. The quantitative estimate of drug-likeness (QED) is 0.724. The first-order valence-electron chi connectivity index (χ1n) is 9.82. The molecule has 2 unspecified atom stereocenters. The van der Waals surface area contributed by atoms with Crippen LogP contribution in [0.5, 0.6) is 0 Å². The molecule has 0 spiro atoms. The Hall–Kier alpha value is -2.32. The maximum absolute atomic E-state index is 12.7. The number of carbonyl (C=O) groups excluding carboxylic acids is 1. The second-order valence-electron chi connectivity index (χ2n) is 8.04. The summed E-state index contributed by atoms with van der Waals surface area (Å²) >= 11 is 1.40. The topological polar surface area (TPSA) is 70.0 Å². The summed E-state index contributed by atoms with van der Waals surface area (Å²) in [5, 5.41) is 0.490. The Morgan fingerprint density at radius 3 is 2.57 bits per heavy atom. The van der Waals surface area contributed by atoms with Crippen LogP contribution in [0.25, 0.3) is 0 Å². The van der Waals surface area contributed by atoms with E-state index in [0.29, 0.717) is 5.17 Å². The minimum atomic E-state index is -3.08. The minimum Gasteiger partial charge on any atom is -0.378 e. The zero-order valence-corrected chi connectivity index (χ0v) is 18.9. The van der Waals surface area contributed by atoms with E-state index in [1.165, 1.54) is 11.8 Å². The molecule has 1 amide bonds. The number of amides is 1. The van der Waals surface area contributed by atoms with E-state index < -0.39 is 9.84 Å². The number of amidine groups is 1. The number of hydrogen-bond donors (Lipinski definition) is 0. The highest BCUT2D eigenvalue weighted by molar-refractivity contribution is 8.16. The number of anilines is 2. The molecule has 6 nitrogen and oxygen atoms in total. The Kier molecular flexibility index (Phi) is 5.63. The standard InChI is InChI=1S/C22H25N3O3S2/c1-15-5-4-6-16(11-15)12-21(26)23-22-25(18-9-7-17(8-10-18)24(2)3)19-13-30(27,28)14-20(19)29-22/h4-11,19-20H,12-14H2,1-3H3. The number of hydrogen-bond acceptors (Lipinski definition) is 5. The van der Waals surface area contributed by atoms with Gasteiger partial charge in [-0.25, -0.2) is 8.42 Å². The Morgan fingerprint density at radius 2 is 1.90 bits per heavy atom. The summed E-state index contributed by atoms with van der Waals surface area (Å²) in [6.45, 7) is 1.99. The lowest BCUT2D eigenvalue weighted by Gasteiger charge is -2.25. The molecule has 0 aliphatic carbocycles. The van der Waals surface area contributed by atoms with E-state index in [0.717, 1.165) is 22.5 Å². The molecule has 2 aromatic rings. The zero-order chi connectivity index (χ0) is 21.5. The first-order valence-corrected chi connectivity index (χ1v) is 12.5. The van der Waals surface area contributed by atoms with Gasteiger partial charge in [-0.1, -0.05) is 41.6 Å². The normalized spacial score (nSPS) is 23.6. The smallest absolute Gasteiger partial charge is 0.252 e. The maximum atomic E-state index is 12.7. The van der Waals surface area contributed by atoms with E-state index in [4.69, 9.17) is 0 Å². The number of sulfone groups is 1. The highest BCUT2D eigenvalue weighted by Crippen LogP contribution is 2.41. The Bertz CT molecular complexity index is 1090. The van der Waals surface area contributed by atoms with Crippen LogP contribution in [0.2, 0.25) is 0 Å². The van der Waals surface area contributed by atoms with Gasteiger partial charge in [-0.2, -0.15) is 4.99 Å². The first-order chi connectivity index (χ1) is 14.2. The summed E-state index contributed by atoms with van der Waals surface area (Å²) in [5.74, 6) is -0.00825. The molecule has 0 aromatic heterocycles. The van der Waals surface area contributed by atoms with Crippen LogP contribution in [0.3, 0.4) is 0 Å². The van der Waals surface area contributed by atoms with Gasteiger partial charge in [0.25, 0.3) is 5.91 Å². The Labute approximate surface area is 181 Å². The van der Waals surface area contributed by atoms with Gasteiger partial charge in [0.2, 0.25) is 0 Å². The van der Waals surface area contributed by atoms with Crippen molar-refractivity contribution in [3.8, 4) is 0 Å². The Morgan fingerprint density at radius 1 is 1.17 bits per heavy atom. The van der Waals surface area contributed by atoms with Crippen LogP contribution in [0.15, 0.2) is 53.5 Å². The molecule has 0 N–H and O–H groups in total. The molecule has 4 rings (SSSR count). The third-order valence-electron chi connectivity index (χ3n) is 5.37. The summed E-state index contributed by atoms with van der Waals surface area (Å²) in [5.41, 5.74) is 3.94. The predicted molar refractivity (Wildman–Crippen MR) is 124 cm³/mol. The SMILES string of the molecule is Cc1cccc(CC(=O)N=C2SC3CS(=O)(=O)CC3N2c2ccc(N(C)C)cc2)c1. The zero-order valence-electron chi connectivity index (χ0n) is 17.3. The highest BCUT2D eigenvalue weighted by atomic mass is 32.2. The van der Waals surface area contributed by atoms with Gasteiger partial charge >= 0.3 is 0 Å². The number of fused-ring (bicyclic) bond motifs is 1. The average molecular weight is 444 g/mol. The lowest BCUT2D eigenvalue weighted by atomic mass is 10.1. The number of carbonyl (C=O) groups is 1. The fraction of sp³-hybridized carbons (Fsp3) is 0.364. The van der Waals surface area contributed by atoms with E-state index in [9.17, 15) is 13.2 Å². The van der Waals surface area contributed by atoms with Gasteiger partial charge in [0.1, 0.15) is 0 Å². The van der Waals surface area contributed by atoms with Gasteiger partial charge in [-0.05, 0) is 36.8 Å². The van der Waals surface area contributed by atoms with E-state index in [2.05, 4.69) is 4.99 Å².